The van der Waals surface area contributed by atoms with Crippen LogP contribution in [0.2, 0.25) is 0 Å². The minimum absolute atomic E-state index is 0.115. The molecule has 0 unspecified atom stereocenters. The molecular formula is C27H28N6O3. The van der Waals surface area contributed by atoms with Gasteiger partial charge in [0.15, 0.2) is 5.82 Å². The monoisotopic (exact) mass is 484 g/mol. The van der Waals surface area contributed by atoms with Crippen molar-refractivity contribution in [3.8, 4) is 5.75 Å². The van der Waals surface area contributed by atoms with Gasteiger partial charge in [0.2, 0.25) is 0 Å². The average Bonchev–Trinajstić information content (AvgIpc) is 3.54. The highest BCUT2D eigenvalue weighted by molar-refractivity contribution is 5.80. The molecule has 5 aromatic rings. The van der Waals surface area contributed by atoms with E-state index in [-0.39, 0.29) is 5.56 Å². The molecule has 0 radical (unpaired) electrons. The number of tetrazole rings is 1. The van der Waals surface area contributed by atoms with Crippen molar-refractivity contribution in [2.24, 2.45) is 0 Å². The Hall–Kier alpha value is -4.24. The van der Waals surface area contributed by atoms with Crippen LogP contribution in [-0.4, -0.2) is 36.7 Å². The lowest BCUT2D eigenvalue weighted by molar-refractivity contribution is 0.235. The van der Waals surface area contributed by atoms with Gasteiger partial charge in [-0.05, 0) is 66.2 Å². The van der Waals surface area contributed by atoms with Crippen LogP contribution in [0, 0.1) is 6.92 Å². The van der Waals surface area contributed by atoms with E-state index in [1.54, 1.807) is 10.9 Å². The summed E-state index contributed by atoms with van der Waals surface area (Å²) < 4.78 is 12.8. The second-order valence-electron chi connectivity index (χ2n) is 8.77. The number of fused-ring (bicyclic) bond motifs is 1. The summed E-state index contributed by atoms with van der Waals surface area (Å²) >= 11 is 0. The molecule has 0 spiro atoms. The van der Waals surface area contributed by atoms with Gasteiger partial charge in [0.25, 0.3) is 5.56 Å². The van der Waals surface area contributed by atoms with Crippen molar-refractivity contribution in [2.75, 3.05) is 6.61 Å². The molecule has 9 nitrogen and oxygen atoms in total. The summed E-state index contributed by atoms with van der Waals surface area (Å²) in [6, 6.07) is 19.7. The van der Waals surface area contributed by atoms with Crippen molar-refractivity contribution in [3.63, 3.8) is 0 Å². The minimum Gasteiger partial charge on any atom is -0.494 e. The summed E-state index contributed by atoms with van der Waals surface area (Å²) in [5, 5.41) is 13.2. The van der Waals surface area contributed by atoms with Gasteiger partial charge in [0.1, 0.15) is 18.1 Å². The molecule has 0 amide bonds. The smallest absolute Gasteiger partial charge is 0.252 e. The van der Waals surface area contributed by atoms with E-state index < -0.39 is 0 Å². The Bertz CT molecular complexity index is 1490. The topological polar surface area (TPSA) is 102 Å². The summed E-state index contributed by atoms with van der Waals surface area (Å²) in [7, 11) is 0. The zero-order valence-corrected chi connectivity index (χ0v) is 20.3. The lowest BCUT2D eigenvalue weighted by Gasteiger charge is -2.22. The van der Waals surface area contributed by atoms with Crippen molar-refractivity contribution in [1.29, 1.82) is 0 Å². The molecule has 0 aliphatic rings. The third-order valence-corrected chi connectivity index (χ3v) is 5.98. The first-order valence-corrected chi connectivity index (χ1v) is 11.9. The first kappa shape index (κ1) is 23.5. The predicted octanol–water partition coefficient (Wildman–Crippen LogP) is 4.07. The summed E-state index contributed by atoms with van der Waals surface area (Å²) in [6.07, 6.45) is 1.63. The number of hydrogen-bond donors (Lipinski definition) is 1. The van der Waals surface area contributed by atoms with Crippen LogP contribution < -0.4 is 10.3 Å². The van der Waals surface area contributed by atoms with Crippen LogP contribution in [0.5, 0.6) is 5.75 Å². The quantitative estimate of drug-likeness (QED) is 0.319. The maximum absolute atomic E-state index is 13.0. The van der Waals surface area contributed by atoms with Crippen LogP contribution in [0.3, 0.4) is 0 Å². The van der Waals surface area contributed by atoms with Crippen LogP contribution in [0.15, 0.2) is 76.1 Å². The summed E-state index contributed by atoms with van der Waals surface area (Å²) in [5.74, 6) is 2.23. The van der Waals surface area contributed by atoms with Gasteiger partial charge in [0, 0.05) is 29.6 Å². The standard InChI is InChI=1S/C27H28N6O3/c1-3-35-23-10-11-25-21(14-23)13-22(27(34)28-25)16-32(15-20-8-6-19(2)7-9-20)18-26-29-30-31-33(26)17-24-5-4-12-36-24/h4-14H,3,15-18H2,1-2H3,(H,28,34). The van der Waals surface area contributed by atoms with Crippen LogP contribution >= 0.6 is 0 Å². The number of benzene rings is 2. The van der Waals surface area contributed by atoms with Crippen molar-refractivity contribution in [3.05, 3.63) is 106 Å². The Balaban J connectivity index is 1.44. The molecule has 2 aromatic carbocycles. The predicted molar refractivity (Wildman–Crippen MR) is 135 cm³/mol. The second kappa shape index (κ2) is 10.6. The van der Waals surface area contributed by atoms with Crippen LogP contribution in [0.4, 0.5) is 0 Å². The molecule has 36 heavy (non-hydrogen) atoms. The molecule has 184 valence electrons. The number of rotatable bonds is 10. The third-order valence-electron chi connectivity index (χ3n) is 5.98. The van der Waals surface area contributed by atoms with Crippen LogP contribution in [0.1, 0.15) is 35.2 Å². The Morgan fingerprint density at radius 3 is 2.69 bits per heavy atom. The number of aromatic amines is 1. The number of ether oxygens (including phenoxy) is 1. The lowest BCUT2D eigenvalue weighted by Crippen LogP contribution is -2.28. The fourth-order valence-corrected chi connectivity index (χ4v) is 4.17. The summed E-state index contributed by atoms with van der Waals surface area (Å²) in [5.41, 5.74) is 3.66. The highest BCUT2D eigenvalue weighted by atomic mass is 16.5. The molecule has 0 aliphatic carbocycles. The average molecular weight is 485 g/mol. The fourth-order valence-electron chi connectivity index (χ4n) is 4.17. The van der Waals surface area contributed by atoms with E-state index >= 15 is 0 Å². The summed E-state index contributed by atoms with van der Waals surface area (Å²) in [4.78, 5) is 18.2. The van der Waals surface area contributed by atoms with E-state index in [0.717, 1.165) is 28.0 Å². The SMILES string of the molecule is CCOc1ccc2[nH]c(=O)c(CN(Cc3ccc(C)cc3)Cc3nnnn3Cc3ccco3)cc2c1. The maximum Gasteiger partial charge on any atom is 0.252 e. The van der Waals surface area contributed by atoms with E-state index in [0.29, 0.717) is 44.2 Å². The van der Waals surface area contributed by atoms with Gasteiger partial charge in [-0.1, -0.05) is 29.8 Å². The molecule has 0 aliphatic heterocycles. The van der Waals surface area contributed by atoms with Gasteiger partial charge < -0.3 is 14.1 Å². The van der Waals surface area contributed by atoms with E-state index in [4.69, 9.17) is 9.15 Å². The largest absolute Gasteiger partial charge is 0.494 e. The van der Waals surface area contributed by atoms with Gasteiger partial charge in [-0.2, -0.15) is 0 Å². The van der Waals surface area contributed by atoms with Crippen molar-refractivity contribution < 1.29 is 9.15 Å². The zero-order valence-electron chi connectivity index (χ0n) is 20.3. The van der Waals surface area contributed by atoms with Gasteiger partial charge >= 0.3 is 0 Å². The number of hydrogen-bond acceptors (Lipinski definition) is 7. The maximum atomic E-state index is 13.0. The first-order chi connectivity index (χ1) is 17.6. The number of H-pyrrole nitrogens is 1. The van der Waals surface area contributed by atoms with Crippen molar-refractivity contribution in [2.45, 2.75) is 40.0 Å². The van der Waals surface area contributed by atoms with Crippen LogP contribution in [0.25, 0.3) is 10.9 Å². The lowest BCUT2D eigenvalue weighted by atomic mass is 10.1. The number of nitrogens with zero attached hydrogens (tertiary/aromatic N) is 5. The number of aromatic nitrogens is 5. The number of pyridine rings is 1. The highest BCUT2D eigenvalue weighted by Gasteiger charge is 2.17. The molecule has 0 atom stereocenters. The van der Waals surface area contributed by atoms with E-state index in [9.17, 15) is 4.79 Å². The Morgan fingerprint density at radius 2 is 1.92 bits per heavy atom. The molecule has 0 saturated carbocycles. The zero-order chi connectivity index (χ0) is 24.9. The normalized spacial score (nSPS) is 11.4. The summed E-state index contributed by atoms with van der Waals surface area (Å²) in [6.45, 7) is 6.54. The molecular weight excluding hydrogens is 456 g/mol. The molecule has 3 aromatic heterocycles. The fraction of sp³-hybridized carbons (Fsp3) is 0.259. The first-order valence-electron chi connectivity index (χ1n) is 11.9. The number of nitrogens with one attached hydrogen (secondary N) is 1. The van der Waals surface area contributed by atoms with Gasteiger partial charge in [-0.15, -0.1) is 5.10 Å². The molecule has 5 rings (SSSR count). The second-order valence-corrected chi connectivity index (χ2v) is 8.77. The molecule has 9 heteroatoms. The number of furan rings is 1. The van der Waals surface area contributed by atoms with Gasteiger partial charge in [0.05, 0.1) is 19.4 Å². The van der Waals surface area contributed by atoms with Crippen LogP contribution in [-0.2, 0) is 26.2 Å². The minimum atomic E-state index is -0.115. The highest BCUT2D eigenvalue weighted by Crippen LogP contribution is 2.20. The third kappa shape index (κ3) is 5.52. The Kier molecular flexibility index (Phi) is 6.90. The van der Waals surface area contributed by atoms with Gasteiger partial charge in [-0.25, -0.2) is 4.68 Å². The molecule has 3 heterocycles. The van der Waals surface area contributed by atoms with E-state index in [1.807, 2.05) is 43.3 Å². The molecule has 0 fully saturated rings. The van der Waals surface area contributed by atoms with Crippen molar-refractivity contribution >= 4 is 10.9 Å². The Labute approximate surface area is 208 Å². The van der Waals surface area contributed by atoms with Crippen molar-refractivity contribution in [1.82, 2.24) is 30.1 Å². The number of aryl methyl sites for hydroxylation is 1. The van der Waals surface area contributed by atoms with E-state index in [1.165, 1.54) is 5.56 Å². The van der Waals surface area contributed by atoms with Gasteiger partial charge in [-0.3, -0.25) is 9.69 Å². The molecule has 1 N–H and O–H groups in total. The molecule has 0 saturated heterocycles. The molecule has 0 bridgehead atoms. The van der Waals surface area contributed by atoms with E-state index in [2.05, 4.69) is 56.6 Å². The Morgan fingerprint density at radius 1 is 1.06 bits per heavy atom.